The molecule has 0 unspecified atom stereocenters. The van der Waals surface area contributed by atoms with Crippen LogP contribution in [0, 0.1) is 0 Å². The number of rotatable bonds is 5. The predicted molar refractivity (Wildman–Crippen MR) is 99.9 cm³/mol. The van der Waals surface area contributed by atoms with Gasteiger partial charge in [-0.15, -0.1) is 0 Å². The minimum absolute atomic E-state index is 0.145. The number of aromatic nitrogens is 2. The van der Waals surface area contributed by atoms with Crippen molar-refractivity contribution in [1.29, 1.82) is 0 Å². The molecule has 2 N–H and O–H groups in total. The lowest BCUT2D eigenvalue weighted by molar-refractivity contribution is 0.0933. The molecule has 0 aliphatic rings. The molecule has 3 aromatic rings. The third-order valence-electron chi connectivity index (χ3n) is 4.04. The molecule has 3 rings (SSSR count). The fourth-order valence-electron chi connectivity index (χ4n) is 2.57. The van der Waals surface area contributed by atoms with Gasteiger partial charge in [-0.1, -0.05) is 48.5 Å². The van der Waals surface area contributed by atoms with E-state index in [0.29, 0.717) is 11.4 Å². The highest BCUT2D eigenvalue weighted by atomic mass is 16.2. The number of anilines is 1. The zero-order valence-electron chi connectivity index (χ0n) is 14.6. The van der Waals surface area contributed by atoms with Crippen LogP contribution in [0.5, 0.6) is 0 Å². The quantitative estimate of drug-likeness (QED) is 0.744. The first-order valence-corrected chi connectivity index (χ1v) is 8.31. The zero-order valence-corrected chi connectivity index (χ0v) is 14.6. The van der Waals surface area contributed by atoms with E-state index in [9.17, 15) is 9.59 Å². The van der Waals surface area contributed by atoms with Gasteiger partial charge in [-0.2, -0.15) is 5.10 Å². The van der Waals surface area contributed by atoms with Gasteiger partial charge in [0.2, 0.25) is 0 Å². The molecule has 1 atom stereocenters. The van der Waals surface area contributed by atoms with Crippen molar-refractivity contribution in [1.82, 2.24) is 15.1 Å². The molecule has 26 heavy (non-hydrogen) atoms. The zero-order chi connectivity index (χ0) is 18.5. The average molecular weight is 348 g/mol. The highest BCUT2D eigenvalue weighted by molar-refractivity contribution is 6.04. The number of hydrogen-bond donors (Lipinski definition) is 2. The summed E-state index contributed by atoms with van der Waals surface area (Å²) in [6, 6.07) is 20.0. The van der Waals surface area contributed by atoms with E-state index in [1.54, 1.807) is 37.4 Å². The summed E-state index contributed by atoms with van der Waals surface area (Å²) >= 11 is 0. The molecule has 0 bridgehead atoms. The summed E-state index contributed by atoms with van der Waals surface area (Å²) in [5.41, 5.74) is 1.80. The Kier molecular flexibility index (Phi) is 5.12. The van der Waals surface area contributed by atoms with E-state index in [1.165, 1.54) is 4.68 Å². The monoisotopic (exact) mass is 348 g/mol. The van der Waals surface area contributed by atoms with Crippen LogP contribution in [0.2, 0.25) is 0 Å². The van der Waals surface area contributed by atoms with Crippen LogP contribution in [0.3, 0.4) is 0 Å². The van der Waals surface area contributed by atoms with E-state index >= 15 is 0 Å². The molecule has 2 aromatic carbocycles. The molecular weight excluding hydrogens is 328 g/mol. The van der Waals surface area contributed by atoms with E-state index in [1.807, 2.05) is 43.3 Å². The van der Waals surface area contributed by atoms with Crippen molar-refractivity contribution in [2.24, 2.45) is 7.05 Å². The summed E-state index contributed by atoms with van der Waals surface area (Å²) < 4.78 is 1.48. The molecular formula is C20H20N4O2. The summed E-state index contributed by atoms with van der Waals surface area (Å²) in [6.07, 6.45) is 0. The number of amides is 2. The lowest BCUT2D eigenvalue weighted by Crippen LogP contribution is -2.27. The summed E-state index contributed by atoms with van der Waals surface area (Å²) in [5, 5.41) is 9.87. The first-order chi connectivity index (χ1) is 12.5. The molecule has 0 saturated heterocycles. The number of nitrogens with one attached hydrogen (secondary N) is 2. The Bertz CT molecular complexity index is 904. The van der Waals surface area contributed by atoms with Crippen LogP contribution in [-0.2, 0) is 7.05 Å². The summed E-state index contributed by atoms with van der Waals surface area (Å²) in [6.45, 7) is 1.91. The second-order valence-corrected chi connectivity index (χ2v) is 5.96. The van der Waals surface area contributed by atoms with Gasteiger partial charge in [-0.05, 0) is 24.6 Å². The van der Waals surface area contributed by atoms with Crippen molar-refractivity contribution in [3.8, 4) is 0 Å². The topological polar surface area (TPSA) is 76.0 Å². The Balaban J connectivity index is 1.69. The first-order valence-electron chi connectivity index (χ1n) is 8.31. The van der Waals surface area contributed by atoms with Crippen LogP contribution in [0.4, 0.5) is 5.82 Å². The standard InChI is InChI=1S/C20H20N4O2/c1-14(15-9-5-3-6-10-15)21-20(26)17-13-18(24(2)23-17)22-19(25)16-11-7-4-8-12-16/h3-14H,1-2H3,(H,21,26)(H,22,25)/t14-/m1/s1. The van der Waals surface area contributed by atoms with Crippen molar-refractivity contribution in [3.63, 3.8) is 0 Å². The second kappa shape index (κ2) is 7.65. The highest BCUT2D eigenvalue weighted by Gasteiger charge is 2.17. The van der Waals surface area contributed by atoms with Gasteiger partial charge in [0.05, 0.1) is 6.04 Å². The third-order valence-corrected chi connectivity index (χ3v) is 4.04. The van der Waals surface area contributed by atoms with Gasteiger partial charge in [0.15, 0.2) is 5.69 Å². The highest BCUT2D eigenvalue weighted by Crippen LogP contribution is 2.15. The Labute approximate surface area is 151 Å². The Morgan fingerprint density at radius 1 is 0.962 bits per heavy atom. The molecule has 6 nitrogen and oxygen atoms in total. The predicted octanol–water partition coefficient (Wildman–Crippen LogP) is 3.16. The molecule has 6 heteroatoms. The molecule has 0 saturated carbocycles. The van der Waals surface area contributed by atoms with Gasteiger partial charge in [-0.25, -0.2) is 0 Å². The normalized spacial score (nSPS) is 11.6. The van der Waals surface area contributed by atoms with Crippen LogP contribution in [0.25, 0.3) is 0 Å². The minimum Gasteiger partial charge on any atom is -0.344 e. The van der Waals surface area contributed by atoms with E-state index in [-0.39, 0.29) is 23.6 Å². The van der Waals surface area contributed by atoms with Crippen LogP contribution in [0.15, 0.2) is 66.7 Å². The van der Waals surface area contributed by atoms with Crippen LogP contribution in [0.1, 0.15) is 39.4 Å². The SMILES string of the molecule is C[C@@H](NC(=O)c1cc(NC(=O)c2ccccc2)n(C)n1)c1ccccc1. The fourth-order valence-corrected chi connectivity index (χ4v) is 2.57. The van der Waals surface area contributed by atoms with E-state index < -0.39 is 0 Å². The lowest BCUT2D eigenvalue weighted by atomic mass is 10.1. The van der Waals surface area contributed by atoms with Crippen LogP contribution < -0.4 is 10.6 Å². The molecule has 0 spiro atoms. The van der Waals surface area contributed by atoms with Crippen molar-refractivity contribution in [3.05, 3.63) is 83.6 Å². The average Bonchev–Trinajstić information content (AvgIpc) is 3.03. The number of hydrogen-bond acceptors (Lipinski definition) is 3. The molecule has 0 aliphatic carbocycles. The molecule has 2 amide bonds. The molecule has 132 valence electrons. The number of carbonyl (C=O) groups excluding carboxylic acids is 2. The van der Waals surface area contributed by atoms with Crippen molar-refractivity contribution in [2.45, 2.75) is 13.0 Å². The molecule has 1 heterocycles. The van der Waals surface area contributed by atoms with Gasteiger partial charge in [-0.3, -0.25) is 14.3 Å². The number of carbonyl (C=O) groups is 2. The maximum atomic E-state index is 12.5. The number of aryl methyl sites for hydroxylation is 1. The van der Waals surface area contributed by atoms with Crippen molar-refractivity contribution < 1.29 is 9.59 Å². The minimum atomic E-state index is -0.294. The second-order valence-electron chi connectivity index (χ2n) is 5.96. The molecule has 0 radical (unpaired) electrons. The van der Waals surface area contributed by atoms with Gasteiger partial charge < -0.3 is 10.6 Å². The van der Waals surface area contributed by atoms with Crippen molar-refractivity contribution >= 4 is 17.6 Å². The maximum Gasteiger partial charge on any atom is 0.272 e. The maximum absolute atomic E-state index is 12.5. The Hall–Kier alpha value is -3.41. The van der Waals surface area contributed by atoms with Crippen LogP contribution >= 0.6 is 0 Å². The van der Waals surface area contributed by atoms with E-state index in [0.717, 1.165) is 5.56 Å². The number of benzene rings is 2. The Morgan fingerprint density at radius 3 is 2.23 bits per heavy atom. The van der Waals surface area contributed by atoms with Crippen LogP contribution in [-0.4, -0.2) is 21.6 Å². The van der Waals surface area contributed by atoms with Gasteiger partial charge in [0.25, 0.3) is 11.8 Å². The number of nitrogens with zero attached hydrogens (tertiary/aromatic N) is 2. The molecule has 1 aromatic heterocycles. The lowest BCUT2D eigenvalue weighted by Gasteiger charge is -2.12. The smallest absolute Gasteiger partial charge is 0.272 e. The molecule has 0 aliphatic heterocycles. The Morgan fingerprint density at radius 2 is 1.58 bits per heavy atom. The fraction of sp³-hybridized carbons (Fsp3) is 0.150. The largest absolute Gasteiger partial charge is 0.344 e. The van der Waals surface area contributed by atoms with E-state index in [2.05, 4.69) is 15.7 Å². The first kappa shape index (κ1) is 17.4. The third kappa shape index (κ3) is 3.97. The summed E-state index contributed by atoms with van der Waals surface area (Å²) in [5.74, 6) is -0.0910. The van der Waals surface area contributed by atoms with Gasteiger partial charge in [0.1, 0.15) is 5.82 Å². The van der Waals surface area contributed by atoms with Crippen molar-refractivity contribution in [2.75, 3.05) is 5.32 Å². The molecule has 0 fully saturated rings. The van der Waals surface area contributed by atoms with Gasteiger partial charge in [0, 0.05) is 18.7 Å². The summed E-state index contributed by atoms with van der Waals surface area (Å²) in [7, 11) is 1.68. The summed E-state index contributed by atoms with van der Waals surface area (Å²) in [4.78, 5) is 24.7. The van der Waals surface area contributed by atoms with E-state index in [4.69, 9.17) is 0 Å². The van der Waals surface area contributed by atoms with Gasteiger partial charge >= 0.3 is 0 Å².